The van der Waals surface area contributed by atoms with Crippen molar-refractivity contribution in [1.29, 1.82) is 0 Å². The highest BCUT2D eigenvalue weighted by Gasteiger charge is 2.53. The minimum atomic E-state index is -0.634. The highest BCUT2D eigenvalue weighted by Crippen LogP contribution is 2.45. The van der Waals surface area contributed by atoms with E-state index in [4.69, 9.17) is 25.6 Å². The van der Waals surface area contributed by atoms with E-state index in [9.17, 15) is 4.79 Å². The zero-order valence-corrected chi connectivity index (χ0v) is 18.9. The van der Waals surface area contributed by atoms with Crippen LogP contribution in [0, 0.1) is 0 Å². The number of hydrogen-bond donors (Lipinski definition) is 0. The van der Waals surface area contributed by atoms with Gasteiger partial charge < -0.3 is 14.0 Å². The summed E-state index contributed by atoms with van der Waals surface area (Å²) in [6.07, 6.45) is -0.603. The van der Waals surface area contributed by atoms with Gasteiger partial charge in [-0.1, -0.05) is 54.1 Å². The predicted molar refractivity (Wildman–Crippen MR) is 120 cm³/mol. The van der Waals surface area contributed by atoms with E-state index < -0.39 is 24.4 Å². The molecular formula is C24H28BClO4. The summed E-state index contributed by atoms with van der Waals surface area (Å²) in [7, 11) is -0.634. The van der Waals surface area contributed by atoms with Gasteiger partial charge in [-0.2, -0.15) is 0 Å². The number of hydrogen-bond acceptors (Lipinski definition) is 4. The second kappa shape index (κ2) is 8.58. The van der Waals surface area contributed by atoms with Gasteiger partial charge in [0.05, 0.1) is 11.2 Å². The summed E-state index contributed by atoms with van der Waals surface area (Å²) >= 11 is 6.08. The number of esters is 1. The Labute approximate surface area is 184 Å². The number of benzene rings is 2. The van der Waals surface area contributed by atoms with Crippen LogP contribution in [-0.4, -0.2) is 24.3 Å². The monoisotopic (exact) mass is 426 g/mol. The molecule has 0 N–H and O–H groups in total. The Balaban J connectivity index is 2.06. The fourth-order valence-electron chi connectivity index (χ4n) is 3.54. The first-order valence-corrected chi connectivity index (χ1v) is 10.4. The summed E-state index contributed by atoms with van der Waals surface area (Å²) in [5.74, 6) is -0.747. The van der Waals surface area contributed by atoms with Crippen LogP contribution in [0.2, 0.25) is 5.02 Å². The summed E-state index contributed by atoms with van der Waals surface area (Å²) < 4.78 is 18.3. The molecule has 1 aliphatic heterocycles. The largest absolute Gasteiger partial charge is 0.490 e. The van der Waals surface area contributed by atoms with E-state index in [1.807, 2.05) is 70.2 Å². The third-order valence-corrected chi connectivity index (χ3v) is 6.16. The highest BCUT2D eigenvalue weighted by molar-refractivity contribution is 6.54. The predicted octanol–water partition coefficient (Wildman–Crippen LogP) is 5.92. The van der Waals surface area contributed by atoms with Crippen molar-refractivity contribution in [2.45, 2.75) is 57.8 Å². The lowest BCUT2D eigenvalue weighted by Gasteiger charge is -2.32. The number of rotatable bonds is 6. The molecule has 0 spiro atoms. The van der Waals surface area contributed by atoms with E-state index in [0.717, 1.165) is 11.1 Å². The van der Waals surface area contributed by atoms with Gasteiger partial charge in [0, 0.05) is 17.9 Å². The van der Waals surface area contributed by atoms with Crippen molar-refractivity contribution < 1.29 is 18.8 Å². The fraction of sp³-hybridized carbons (Fsp3) is 0.375. The van der Waals surface area contributed by atoms with Crippen LogP contribution in [0.5, 0.6) is 0 Å². The lowest BCUT2D eigenvalue weighted by atomic mass is 9.67. The third-order valence-electron chi connectivity index (χ3n) is 5.91. The molecule has 0 unspecified atom stereocenters. The molecule has 158 valence electrons. The van der Waals surface area contributed by atoms with Gasteiger partial charge in [0.1, 0.15) is 6.10 Å². The zero-order chi connectivity index (χ0) is 22.1. The number of carbonyl (C=O) groups is 1. The van der Waals surface area contributed by atoms with Crippen LogP contribution < -0.4 is 0 Å². The number of halogens is 1. The van der Waals surface area contributed by atoms with Crippen LogP contribution in [0.4, 0.5) is 0 Å². The van der Waals surface area contributed by atoms with Gasteiger partial charge in [0.25, 0.3) is 0 Å². The Kier molecular flexibility index (Phi) is 6.47. The summed E-state index contributed by atoms with van der Waals surface area (Å²) in [4.78, 5) is 12.0. The van der Waals surface area contributed by atoms with Crippen molar-refractivity contribution in [2.24, 2.45) is 0 Å². The Hall–Kier alpha value is -2.08. The normalized spacial score (nSPS) is 19.2. The minimum absolute atomic E-state index is 0.369. The molecule has 1 heterocycles. The molecule has 1 fully saturated rings. The summed E-state index contributed by atoms with van der Waals surface area (Å²) in [5.41, 5.74) is 1.47. The van der Waals surface area contributed by atoms with Gasteiger partial charge in [-0.15, -0.1) is 6.58 Å². The lowest BCUT2D eigenvalue weighted by Crippen LogP contribution is -2.41. The summed E-state index contributed by atoms with van der Waals surface area (Å²) in [6, 6.07) is 17.1. The van der Waals surface area contributed by atoms with E-state index in [1.165, 1.54) is 6.92 Å². The van der Waals surface area contributed by atoms with E-state index in [-0.39, 0.29) is 11.9 Å². The second-order valence-electron chi connectivity index (χ2n) is 8.63. The maximum atomic E-state index is 12.0. The first kappa shape index (κ1) is 22.6. The Bertz CT molecular complexity index is 893. The van der Waals surface area contributed by atoms with E-state index in [1.54, 1.807) is 12.1 Å². The molecule has 2 aromatic rings. The number of carbonyl (C=O) groups excluding carboxylic acids is 1. The lowest BCUT2D eigenvalue weighted by molar-refractivity contribution is -0.147. The van der Waals surface area contributed by atoms with Gasteiger partial charge in [-0.05, 0) is 56.4 Å². The van der Waals surface area contributed by atoms with Crippen molar-refractivity contribution in [3.63, 3.8) is 0 Å². The molecule has 1 aliphatic rings. The molecule has 2 aromatic carbocycles. The molecular weight excluding hydrogens is 399 g/mol. The van der Waals surface area contributed by atoms with Crippen molar-refractivity contribution in [3.05, 3.63) is 82.8 Å². The average Bonchev–Trinajstić information content (AvgIpc) is 2.90. The molecule has 0 radical (unpaired) electrons. The topological polar surface area (TPSA) is 44.8 Å². The maximum absolute atomic E-state index is 12.0. The van der Waals surface area contributed by atoms with Gasteiger partial charge in [0.15, 0.2) is 0 Å². The van der Waals surface area contributed by atoms with Crippen molar-refractivity contribution >= 4 is 24.7 Å². The van der Waals surface area contributed by atoms with E-state index >= 15 is 0 Å². The third kappa shape index (κ3) is 4.64. The Morgan fingerprint density at radius 3 is 2.00 bits per heavy atom. The summed E-state index contributed by atoms with van der Waals surface area (Å²) in [6.45, 7) is 13.8. The molecule has 0 amide bonds. The molecule has 0 bridgehead atoms. The smallest absolute Gasteiger partial charge is 0.457 e. The maximum Gasteiger partial charge on any atom is 0.490 e. The van der Waals surface area contributed by atoms with Crippen LogP contribution in [-0.2, 0) is 18.8 Å². The molecule has 1 saturated heterocycles. The minimum Gasteiger partial charge on any atom is -0.457 e. The van der Waals surface area contributed by atoms with Crippen molar-refractivity contribution in [2.75, 3.05) is 0 Å². The first-order valence-electron chi connectivity index (χ1n) is 10.0. The van der Waals surface area contributed by atoms with Crippen LogP contribution >= 0.6 is 11.6 Å². The highest BCUT2D eigenvalue weighted by atomic mass is 35.5. The van der Waals surface area contributed by atoms with Crippen molar-refractivity contribution in [1.82, 2.24) is 0 Å². The molecule has 0 aliphatic carbocycles. The van der Waals surface area contributed by atoms with Gasteiger partial charge in [-0.25, -0.2) is 0 Å². The van der Waals surface area contributed by atoms with Crippen molar-refractivity contribution in [3.8, 4) is 0 Å². The molecule has 6 heteroatoms. The molecule has 30 heavy (non-hydrogen) atoms. The van der Waals surface area contributed by atoms with E-state index in [2.05, 4.69) is 6.58 Å². The van der Waals surface area contributed by atoms with Crippen LogP contribution in [0.15, 0.2) is 66.6 Å². The zero-order valence-electron chi connectivity index (χ0n) is 18.1. The van der Waals surface area contributed by atoms with Gasteiger partial charge in [0.2, 0.25) is 0 Å². The second-order valence-corrected chi connectivity index (χ2v) is 9.07. The van der Waals surface area contributed by atoms with E-state index in [0.29, 0.717) is 10.5 Å². The van der Waals surface area contributed by atoms with Crippen LogP contribution in [0.25, 0.3) is 0 Å². The van der Waals surface area contributed by atoms with Gasteiger partial charge in [-0.3, -0.25) is 4.79 Å². The fourth-order valence-corrected chi connectivity index (χ4v) is 3.67. The Morgan fingerprint density at radius 1 is 0.967 bits per heavy atom. The molecule has 0 saturated carbocycles. The van der Waals surface area contributed by atoms with Gasteiger partial charge >= 0.3 is 13.1 Å². The summed E-state index contributed by atoms with van der Waals surface area (Å²) in [5, 5.41) is 0.612. The quantitative estimate of drug-likeness (QED) is 0.425. The molecule has 0 aromatic heterocycles. The first-order chi connectivity index (χ1) is 14.0. The molecule has 3 rings (SSSR count). The average molecular weight is 427 g/mol. The molecule has 4 nitrogen and oxygen atoms in total. The standard InChI is InChI=1S/C24H28BClO4/c1-16(25-29-23(3,4)24(5,6)30-25)21(18-10-8-7-9-11-18)22(28-17(2)27)19-12-14-20(26)15-13-19/h7-15,21-22H,1H2,2-6H3/t21-,22-/m0/s1. The number of ether oxygens (including phenoxy) is 1. The van der Waals surface area contributed by atoms with Crippen LogP contribution in [0.1, 0.15) is 57.8 Å². The van der Waals surface area contributed by atoms with Crippen LogP contribution in [0.3, 0.4) is 0 Å². The SMILES string of the molecule is C=C(B1OC(C)(C)C(C)(C)O1)[C@@H](c1ccccc1)[C@@H](OC(C)=O)c1ccc(Cl)cc1. The molecule has 2 atom stereocenters. The Morgan fingerprint density at radius 2 is 1.50 bits per heavy atom.